The predicted molar refractivity (Wildman–Crippen MR) is 74.9 cm³/mol. The third-order valence-electron chi connectivity index (χ3n) is 2.64. The van der Waals surface area contributed by atoms with Crippen molar-refractivity contribution in [2.75, 3.05) is 7.11 Å². The predicted octanol–water partition coefficient (Wildman–Crippen LogP) is -0.144. The number of phenolic OH excluding ortho intramolecular Hbond substituents is 1. The van der Waals surface area contributed by atoms with E-state index in [-0.39, 0.29) is 11.5 Å². The van der Waals surface area contributed by atoms with Gasteiger partial charge in [-0.05, 0) is 23.8 Å². The first-order valence-corrected chi connectivity index (χ1v) is 6.15. The number of aromatic hydroxyl groups is 1. The molecule has 0 saturated carbocycles. The van der Waals surface area contributed by atoms with Crippen LogP contribution in [0.15, 0.2) is 24.3 Å². The van der Waals surface area contributed by atoms with Crippen LogP contribution in [-0.4, -0.2) is 57.7 Å². The van der Waals surface area contributed by atoms with Gasteiger partial charge in [0.25, 0.3) is 0 Å². The number of benzene rings is 1. The molecule has 0 saturated heterocycles. The smallest absolute Gasteiger partial charge is 0.348 e. The number of aliphatic hydroxyl groups excluding tert-OH is 1. The fraction of sp³-hybridized carbons (Fsp3) is 0.214. The van der Waals surface area contributed by atoms with Gasteiger partial charge in [0.1, 0.15) is 0 Å². The van der Waals surface area contributed by atoms with Gasteiger partial charge in [0, 0.05) is 6.08 Å². The highest BCUT2D eigenvalue weighted by atomic mass is 16.6. The maximum absolute atomic E-state index is 11.5. The van der Waals surface area contributed by atoms with Gasteiger partial charge in [0.05, 0.1) is 7.11 Å². The second-order valence-electron chi connectivity index (χ2n) is 4.24. The minimum atomic E-state index is -2.39. The Labute approximate surface area is 130 Å². The molecule has 0 aliphatic heterocycles. The molecule has 9 heteroatoms. The molecular formula is C14H14O9. The van der Waals surface area contributed by atoms with Crippen molar-refractivity contribution < 1.29 is 44.3 Å². The summed E-state index contributed by atoms with van der Waals surface area (Å²) in [7, 11) is 1.33. The van der Waals surface area contributed by atoms with E-state index in [0.29, 0.717) is 5.56 Å². The van der Waals surface area contributed by atoms with Crippen LogP contribution in [0.1, 0.15) is 5.56 Å². The summed E-state index contributed by atoms with van der Waals surface area (Å²) in [5.74, 6) is -4.75. The summed E-state index contributed by atoms with van der Waals surface area (Å²) in [6.07, 6.45) is -2.55. The molecule has 0 unspecified atom stereocenters. The van der Waals surface area contributed by atoms with Crippen molar-refractivity contribution in [1.82, 2.24) is 0 Å². The van der Waals surface area contributed by atoms with Crippen LogP contribution in [0.3, 0.4) is 0 Å². The van der Waals surface area contributed by atoms with Gasteiger partial charge in [0.2, 0.25) is 6.10 Å². The number of carbonyl (C=O) groups is 3. The van der Waals surface area contributed by atoms with Crippen molar-refractivity contribution in [3.8, 4) is 11.5 Å². The van der Waals surface area contributed by atoms with Crippen molar-refractivity contribution in [2.24, 2.45) is 0 Å². The summed E-state index contributed by atoms with van der Waals surface area (Å²) in [6.45, 7) is 0. The first-order valence-electron chi connectivity index (χ1n) is 6.15. The summed E-state index contributed by atoms with van der Waals surface area (Å²) in [5.41, 5.74) is 0.433. The normalized spacial score (nSPS) is 13.3. The molecule has 1 aromatic carbocycles. The van der Waals surface area contributed by atoms with Gasteiger partial charge in [0.15, 0.2) is 17.6 Å². The highest BCUT2D eigenvalue weighted by Gasteiger charge is 2.35. The Balaban J connectivity index is 2.82. The summed E-state index contributed by atoms with van der Waals surface area (Å²) in [5, 5.41) is 35.9. The topological polar surface area (TPSA) is 151 Å². The quantitative estimate of drug-likeness (QED) is 0.396. The lowest BCUT2D eigenvalue weighted by atomic mass is 10.2. The number of aliphatic carboxylic acids is 2. The highest BCUT2D eigenvalue weighted by molar-refractivity contribution is 5.91. The molecule has 1 aromatic rings. The molecule has 0 spiro atoms. The minimum absolute atomic E-state index is 0.109. The van der Waals surface area contributed by atoms with Crippen LogP contribution in [0, 0.1) is 0 Å². The van der Waals surface area contributed by atoms with Crippen molar-refractivity contribution in [3.63, 3.8) is 0 Å². The monoisotopic (exact) mass is 326 g/mol. The Morgan fingerprint density at radius 2 is 1.83 bits per heavy atom. The molecule has 1 rings (SSSR count). The first kappa shape index (κ1) is 18.0. The average Bonchev–Trinajstić information content (AvgIpc) is 2.50. The number of phenols is 1. The molecule has 0 fully saturated rings. The number of rotatable bonds is 7. The molecule has 0 aromatic heterocycles. The van der Waals surface area contributed by atoms with Crippen LogP contribution in [0.2, 0.25) is 0 Å². The molecule has 4 N–H and O–H groups in total. The number of methoxy groups -OCH3 is 1. The molecule has 0 aliphatic carbocycles. The lowest BCUT2D eigenvalue weighted by molar-refractivity contribution is -0.176. The fourth-order valence-corrected chi connectivity index (χ4v) is 1.51. The fourth-order valence-electron chi connectivity index (χ4n) is 1.51. The van der Waals surface area contributed by atoms with Gasteiger partial charge in [-0.1, -0.05) is 6.07 Å². The van der Waals surface area contributed by atoms with Crippen molar-refractivity contribution in [3.05, 3.63) is 29.8 Å². The van der Waals surface area contributed by atoms with E-state index < -0.39 is 30.1 Å². The molecule has 0 radical (unpaired) electrons. The van der Waals surface area contributed by atoms with Gasteiger partial charge < -0.3 is 29.9 Å². The zero-order chi connectivity index (χ0) is 17.6. The molecule has 9 nitrogen and oxygen atoms in total. The molecule has 0 bridgehead atoms. The number of carbonyl (C=O) groups excluding carboxylic acids is 1. The summed E-state index contributed by atoms with van der Waals surface area (Å²) in [4.78, 5) is 32.9. The van der Waals surface area contributed by atoms with Crippen LogP contribution < -0.4 is 4.74 Å². The zero-order valence-corrected chi connectivity index (χ0v) is 11.9. The van der Waals surface area contributed by atoms with Crippen molar-refractivity contribution in [1.29, 1.82) is 0 Å². The SMILES string of the molecule is COc1cc(/C=C\C(=O)O[C@@H](C(=O)O)[C@@H](O)C(=O)O)ccc1O. The Morgan fingerprint density at radius 1 is 1.17 bits per heavy atom. The number of hydrogen-bond donors (Lipinski definition) is 4. The standard InChI is InChI=1S/C14H14O9/c1-22-9-6-7(2-4-8(9)15)3-5-10(16)23-12(14(20)21)11(17)13(18)19/h2-6,11-12,15,17H,1H3,(H,18,19)(H,20,21)/b5-3-/t11-,12-/m1/s1. The lowest BCUT2D eigenvalue weighted by Crippen LogP contribution is -2.42. The molecular weight excluding hydrogens is 312 g/mol. The number of aliphatic hydroxyl groups is 1. The first-order chi connectivity index (χ1) is 10.8. The molecule has 124 valence electrons. The maximum Gasteiger partial charge on any atom is 0.348 e. The van der Waals surface area contributed by atoms with Crippen LogP contribution in [0.25, 0.3) is 6.08 Å². The lowest BCUT2D eigenvalue weighted by Gasteiger charge is -2.15. The average molecular weight is 326 g/mol. The van der Waals surface area contributed by atoms with Crippen LogP contribution >= 0.6 is 0 Å². The highest BCUT2D eigenvalue weighted by Crippen LogP contribution is 2.26. The van der Waals surface area contributed by atoms with Crippen LogP contribution in [0.5, 0.6) is 11.5 Å². The van der Waals surface area contributed by atoms with E-state index in [2.05, 4.69) is 4.74 Å². The second kappa shape index (κ2) is 7.80. The zero-order valence-electron chi connectivity index (χ0n) is 11.9. The van der Waals surface area contributed by atoms with E-state index in [1.807, 2.05) is 0 Å². The van der Waals surface area contributed by atoms with E-state index in [4.69, 9.17) is 20.1 Å². The van der Waals surface area contributed by atoms with E-state index in [0.717, 1.165) is 6.08 Å². The van der Waals surface area contributed by atoms with Crippen LogP contribution in [-0.2, 0) is 19.1 Å². The molecule has 0 aliphatic rings. The third-order valence-corrected chi connectivity index (χ3v) is 2.64. The minimum Gasteiger partial charge on any atom is -0.504 e. The molecule has 0 heterocycles. The second-order valence-corrected chi connectivity index (χ2v) is 4.24. The number of esters is 1. The summed E-state index contributed by atoms with van der Waals surface area (Å²) in [6, 6.07) is 4.17. The van der Waals surface area contributed by atoms with Crippen LogP contribution in [0.4, 0.5) is 0 Å². The van der Waals surface area contributed by atoms with E-state index >= 15 is 0 Å². The largest absolute Gasteiger partial charge is 0.504 e. The molecule has 23 heavy (non-hydrogen) atoms. The van der Waals surface area contributed by atoms with Gasteiger partial charge >= 0.3 is 17.9 Å². The Kier molecular flexibility index (Phi) is 6.10. The van der Waals surface area contributed by atoms with E-state index in [9.17, 15) is 19.5 Å². The van der Waals surface area contributed by atoms with Gasteiger partial charge in [-0.25, -0.2) is 14.4 Å². The number of hydrogen-bond acceptors (Lipinski definition) is 7. The summed E-state index contributed by atoms with van der Waals surface area (Å²) < 4.78 is 9.27. The van der Waals surface area contributed by atoms with Gasteiger partial charge in [-0.2, -0.15) is 0 Å². The summed E-state index contributed by atoms with van der Waals surface area (Å²) >= 11 is 0. The van der Waals surface area contributed by atoms with E-state index in [1.54, 1.807) is 0 Å². The third kappa shape index (κ3) is 5.00. The Bertz CT molecular complexity index is 635. The maximum atomic E-state index is 11.5. The van der Waals surface area contributed by atoms with Gasteiger partial charge in [-0.3, -0.25) is 0 Å². The Morgan fingerprint density at radius 3 is 2.35 bits per heavy atom. The number of carboxylic acid groups (broad SMARTS) is 2. The van der Waals surface area contributed by atoms with Crippen molar-refractivity contribution >= 4 is 24.0 Å². The number of ether oxygens (including phenoxy) is 2. The number of carboxylic acids is 2. The van der Waals surface area contributed by atoms with Crippen molar-refractivity contribution in [2.45, 2.75) is 12.2 Å². The van der Waals surface area contributed by atoms with Gasteiger partial charge in [-0.15, -0.1) is 0 Å². The Hall–Kier alpha value is -3.07. The van der Waals surface area contributed by atoms with E-state index in [1.165, 1.54) is 31.4 Å². The molecule has 2 atom stereocenters. The molecule has 0 amide bonds.